The minimum atomic E-state index is -1.03. The molecule has 0 aliphatic carbocycles. The van der Waals surface area contributed by atoms with Crippen LogP contribution in [0.15, 0.2) is 24.3 Å². The average Bonchev–Trinajstić information content (AvgIpc) is 2.66. The molecule has 0 saturated carbocycles. The summed E-state index contributed by atoms with van der Waals surface area (Å²) in [4.78, 5) is 43.3. The lowest BCUT2D eigenvalue weighted by Crippen LogP contribution is -2.41. The minimum Gasteiger partial charge on any atom is -0.480 e. The molecule has 0 rings (SSSR count). The quantitative estimate of drug-likeness (QED) is 0.171. The SMILES string of the molecule is C=C(C)C(=O)NC(CCCCN)C(=O)O.C=C(C)C(=O)NCCCCC(N)C(=O)O. The van der Waals surface area contributed by atoms with Crippen LogP contribution < -0.4 is 22.1 Å². The van der Waals surface area contributed by atoms with Crippen molar-refractivity contribution < 1.29 is 29.4 Å². The molecule has 0 aromatic heterocycles. The second kappa shape index (κ2) is 17.2. The highest BCUT2D eigenvalue weighted by molar-refractivity contribution is 5.94. The predicted octanol–water partition coefficient (Wildman–Crippen LogP) is 0.522. The summed E-state index contributed by atoms with van der Waals surface area (Å²) in [7, 11) is 0. The fraction of sp³-hybridized carbons (Fsp3) is 0.600. The zero-order valence-electron chi connectivity index (χ0n) is 17.9. The number of carboxylic acids is 2. The first-order chi connectivity index (χ1) is 13.9. The summed E-state index contributed by atoms with van der Waals surface area (Å²) in [6, 6.07) is -1.65. The summed E-state index contributed by atoms with van der Waals surface area (Å²) >= 11 is 0. The monoisotopic (exact) mass is 428 g/mol. The third kappa shape index (κ3) is 16.3. The van der Waals surface area contributed by atoms with E-state index in [9.17, 15) is 19.2 Å². The van der Waals surface area contributed by atoms with E-state index in [-0.39, 0.29) is 5.91 Å². The normalized spacial score (nSPS) is 11.9. The lowest BCUT2D eigenvalue weighted by Gasteiger charge is -2.13. The summed E-state index contributed by atoms with van der Waals surface area (Å²) < 4.78 is 0. The van der Waals surface area contributed by atoms with E-state index in [1.165, 1.54) is 6.92 Å². The van der Waals surface area contributed by atoms with Gasteiger partial charge in [0.15, 0.2) is 0 Å². The third-order valence-corrected chi connectivity index (χ3v) is 3.87. The topological polar surface area (TPSA) is 185 Å². The summed E-state index contributed by atoms with van der Waals surface area (Å²) in [5.74, 6) is -2.60. The Bertz CT molecular complexity index is 606. The molecule has 0 heterocycles. The van der Waals surface area contributed by atoms with Crippen molar-refractivity contribution in [3.8, 4) is 0 Å². The van der Waals surface area contributed by atoms with E-state index < -0.39 is 29.9 Å². The van der Waals surface area contributed by atoms with E-state index >= 15 is 0 Å². The number of hydrogen-bond acceptors (Lipinski definition) is 6. The Morgan fingerprint density at radius 1 is 0.867 bits per heavy atom. The molecule has 0 aromatic rings. The minimum absolute atomic E-state index is 0.169. The molecule has 10 nitrogen and oxygen atoms in total. The Hall–Kier alpha value is -2.72. The summed E-state index contributed by atoms with van der Waals surface area (Å²) in [5.41, 5.74) is 11.4. The number of nitrogens with two attached hydrogens (primary N) is 2. The van der Waals surface area contributed by atoms with Crippen molar-refractivity contribution >= 4 is 23.8 Å². The second-order valence-electron chi connectivity index (χ2n) is 6.91. The van der Waals surface area contributed by atoms with Gasteiger partial charge in [0.25, 0.3) is 0 Å². The van der Waals surface area contributed by atoms with Gasteiger partial charge in [-0.05, 0) is 58.9 Å². The Labute approximate surface area is 177 Å². The first-order valence-corrected chi connectivity index (χ1v) is 9.75. The number of nitrogens with one attached hydrogen (secondary N) is 2. The summed E-state index contributed by atoms with van der Waals surface area (Å²) in [5, 5.41) is 22.4. The molecular formula is C20H36N4O6. The molecule has 0 aliphatic rings. The largest absolute Gasteiger partial charge is 0.480 e. The number of carbonyl (C=O) groups excluding carboxylic acids is 2. The Kier molecular flexibility index (Phi) is 16.9. The van der Waals surface area contributed by atoms with Gasteiger partial charge >= 0.3 is 11.9 Å². The van der Waals surface area contributed by atoms with Crippen LogP contribution in [0.4, 0.5) is 0 Å². The van der Waals surface area contributed by atoms with E-state index in [1.54, 1.807) is 6.92 Å². The van der Waals surface area contributed by atoms with Crippen molar-refractivity contribution in [1.29, 1.82) is 0 Å². The molecule has 0 fully saturated rings. The van der Waals surface area contributed by atoms with Crippen molar-refractivity contribution in [3.05, 3.63) is 24.3 Å². The maximum Gasteiger partial charge on any atom is 0.326 e. The van der Waals surface area contributed by atoms with Crippen LogP contribution in [0, 0.1) is 0 Å². The Morgan fingerprint density at radius 3 is 1.83 bits per heavy atom. The lowest BCUT2D eigenvalue weighted by molar-refractivity contribution is -0.141. The molecule has 2 atom stereocenters. The van der Waals surface area contributed by atoms with Gasteiger partial charge in [-0.1, -0.05) is 13.2 Å². The molecule has 0 aromatic carbocycles. The zero-order chi connectivity index (χ0) is 23.7. The highest BCUT2D eigenvalue weighted by atomic mass is 16.4. The van der Waals surface area contributed by atoms with E-state index in [0.29, 0.717) is 49.9 Å². The number of amides is 2. The highest BCUT2D eigenvalue weighted by Crippen LogP contribution is 2.02. The maximum atomic E-state index is 11.2. The van der Waals surface area contributed by atoms with Crippen molar-refractivity contribution in [2.24, 2.45) is 11.5 Å². The molecule has 0 bridgehead atoms. The van der Waals surface area contributed by atoms with Gasteiger partial charge in [-0.15, -0.1) is 0 Å². The average molecular weight is 429 g/mol. The molecule has 2 amide bonds. The molecule has 0 saturated heterocycles. The van der Waals surface area contributed by atoms with Gasteiger partial charge in [0, 0.05) is 17.7 Å². The van der Waals surface area contributed by atoms with Gasteiger partial charge in [0.05, 0.1) is 0 Å². The number of aliphatic carboxylic acids is 2. The molecule has 2 unspecified atom stereocenters. The second-order valence-corrected chi connectivity index (χ2v) is 6.91. The van der Waals surface area contributed by atoms with E-state index in [1.807, 2.05) is 0 Å². The molecular weight excluding hydrogens is 392 g/mol. The predicted molar refractivity (Wildman–Crippen MR) is 115 cm³/mol. The van der Waals surface area contributed by atoms with E-state index in [4.69, 9.17) is 21.7 Å². The van der Waals surface area contributed by atoms with E-state index in [0.717, 1.165) is 12.8 Å². The van der Waals surface area contributed by atoms with Crippen LogP contribution in [-0.2, 0) is 19.2 Å². The number of carbonyl (C=O) groups is 4. The molecule has 0 spiro atoms. The fourth-order valence-corrected chi connectivity index (χ4v) is 2.00. The molecule has 10 heteroatoms. The van der Waals surface area contributed by atoms with Crippen molar-refractivity contribution in [1.82, 2.24) is 10.6 Å². The molecule has 172 valence electrons. The van der Waals surface area contributed by atoms with Crippen molar-refractivity contribution in [2.75, 3.05) is 13.1 Å². The number of hydrogen-bond donors (Lipinski definition) is 6. The van der Waals surface area contributed by atoms with Crippen molar-refractivity contribution in [3.63, 3.8) is 0 Å². The summed E-state index contributed by atoms with van der Waals surface area (Å²) in [6.45, 7) is 11.2. The van der Waals surface area contributed by atoms with Gasteiger partial charge in [0.2, 0.25) is 11.8 Å². The van der Waals surface area contributed by atoms with Crippen molar-refractivity contribution in [2.45, 2.75) is 64.5 Å². The van der Waals surface area contributed by atoms with Gasteiger partial charge in [-0.2, -0.15) is 0 Å². The van der Waals surface area contributed by atoms with Crippen LogP contribution in [-0.4, -0.2) is 59.1 Å². The first kappa shape index (κ1) is 29.5. The molecule has 8 N–H and O–H groups in total. The zero-order valence-corrected chi connectivity index (χ0v) is 17.9. The number of unbranched alkanes of at least 4 members (excludes halogenated alkanes) is 2. The van der Waals surface area contributed by atoms with Crippen LogP contribution >= 0.6 is 0 Å². The third-order valence-electron chi connectivity index (χ3n) is 3.87. The first-order valence-electron chi connectivity index (χ1n) is 9.75. The standard InChI is InChI=1S/2C10H18N2O3/c1-7(2)9(13)12-6-4-3-5-8(11)10(14)15;1-7(2)9(13)12-8(10(14)15)5-3-4-6-11/h2*8H,1,3-6,11H2,2H3,(H,12,13)(H,14,15). The lowest BCUT2D eigenvalue weighted by atomic mass is 10.1. The van der Waals surface area contributed by atoms with Crippen LogP contribution in [0.2, 0.25) is 0 Å². The van der Waals surface area contributed by atoms with Gasteiger partial charge in [0.1, 0.15) is 12.1 Å². The van der Waals surface area contributed by atoms with Gasteiger partial charge in [-0.3, -0.25) is 14.4 Å². The molecule has 0 radical (unpaired) electrons. The Balaban J connectivity index is 0. The summed E-state index contributed by atoms with van der Waals surface area (Å²) in [6.07, 6.45) is 3.67. The van der Waals surface area contributed by atoms with Crippen LogP contribution in [0.5, 0.6) is 0 Å². The smallest absolute Gasteiger partial charge is 0.326 e. The van der Waals surface area contributed by atoms with Crippen LogP contribution in [0.25, 0.3) is 0 Å². The highest BCUT2D eigenvalue weighted by Gasteiger charge is 2.19. The van der Waals surface area contributed by atoms with Crippen LogP contribution in [0.1, 0.15) is 52.4 Å². The fourth-order valence-electron chi connectivity index (χ4n) is 2.00. The molecule has 30 heavy (non-hydrogen) atoms. The maximum absolute atomic E-state index is 11.2. The van der Waals surface area contributed by atoms with Crippen LogP contribution in [0.3, 0.4) is 0 Å². The Morgan fingerprint density at radius 2 is 1.40 bits per heavy atom. The number of carboxylic acid groups (broad SMARTS) is 2. The van der Waals surface area contributed by atoms with E-state index in [2.05, 4.69) is 23.8 Å². The number of rotatable bonds is 14. The van der Waals surface area contributed by atoms with Gasteiger partial charge < -0.3 is 32.3 Å². The molecule has 0 aliphatic heterocycles. The van der Waals surface area contributed by atoms with Gasteiger partial charge in [-0.25, -0.2) is 4.79 Å².